The SMILES string of the molecule is CCC1CCCCN1C(=O)c1ccc(O)cc1C. The number of phenolic OH excluding ortho intramolecular Hbond substituents is 1. The Hall–Kier alpha value is -1.51. The van der Waals surface area contributed by atoms with Crippen LogP contribution in [0.4, 0.5) is 0 Å². The van der Waals surface area contributed by atoms with Crippen LogP contribution in [0.15, 0.2) is 18.2 Å². The molecule has 1 aromatic rings. The van der Waals surface area contributed by atoms with Crippen molar-refractivity contribution in [3.8, 4) is 5.75 Å². The van der Waals surface area contributed by atoms with Gasteiger partial charge in [-0.05, 0) is 56.4 Å². The number of hydrogen-bond donors (Lipinski definition) is 1. The molecular weight excluding hydrogens is 226 g/mol. The number of benzene rings is 1. The third kappa shape index (κ3) is 2.50. The van der Waals surface area contributed by atoms with Crippen LogP contribution in [-0.4, -0.2) is 28.5 Å². The molecule has 1 saturated heterocycles. The summed E-state index contributed by atoms with van der Waals surface area (Å²) >= 11 is 0. The van der Waals surface area contributed by atoms with Crippen LogP contribution in [0.2, 0.25) is 0 Å². The van der Waals surface area contributed by atoms with E-state index in [4.69, 9.17) is 0 Å². The fourth-order valence-corrected chi connectivity index (χ4v) is 2.73. The van der Waals surface area contributed by atoms with Crippen LogP contribution in [0.25, 0.3) is 0 Å². The molecule has 1 aliphatic heterocycles. The lowest BCUT2D eigenvalue weighted by Gasteiger charge is -2.35. The van der Waals surface area contributed by atoms with E-state index in [0.717, 1.165) is 31.4 Å². The van der Waals surface area contributed by atoms with Gasteiger partial charge in [0.25, 0.3) is 5.91 Å². The van der Waals surface area contributed by atoms with Crippen molar-refractivity contribution in [3.05, 3.63) is 29.3 Å². The van der Waals surface area contributed by atoms with Gasteiger partial charge in [0.05, 0.1) is 0 Å². The van der Waals surface area contributed by atoms with Crippen LogP contribution in [0.5, 0.6) is 5.75 Å². The van der Waals surface area contributed by atoms with Crippen molar-refractivity contribution < 1.29 is 9.90 Å². The highest BCUT2D eigenvalue weighted by Gasteiger charge is 2.26. The molecular formula is C15H21NO2. The first kappa shape index (κ1) is 12.9. The number of hydrogen-bond acceptors (Lipinski definition) is 2. The molecule has 1 atom stereocenters. The van der Waals surface area contributed by atoms with Gasteiger partial charge in [0, 0.05) is 18.2 Å². The van der Waals surface area contributed by atoms with Crippen LogP contribution in [0, 0.1) is 6.92 Å². The normalized spacial score (nSPS) is 19.9. The Bertz CT molecular complexity index is 442. The number of nitrogens with zero attached hydrogens (tertiary/aromatic N) is 1. The summed E-state index contributed by atoms with van der Waals surface area (Å²) in [6.07, 6.45) is 4.44. The maximum Gasteiger partial charge on any atom is 0.254 e. The summed E-state index contributed by atoms with van der Waals surface area (Å²) in [6, 6.07) is 5.34. The topological polar surface area (TPSA) is 40.5 Å². The number of carbonyl (C=O) groups is 1. The molecule has 0 bridgehead atoms. The van der Waals surface area contributed by atoms with Gasteiger partial charge in [-0.1, -0.05) is 6.92 Å². The van der Waals surface area contributed by atoms with E-state index >= 15 is 0 Å². The number of likely N-dealkylation sites (tertiary alicyclic amines) is 1. The summed E-state index contributed by atoms with van der Waals surface area (Å²) in [5.74, 6) is 0.328. The molecule has 1 unspecified atom stereocenters. The summed E-state index contributed by atoms with van der Waals surface area (Å²) in [4.78, 5) is 14.5. The zero-order valence-corrected chi connectivity index (χ0v) is 11.1. The highest BCUT2D eigenvalue weighted by Crippen LogP contribution is 2.24. The maximum absolute atomic E-state index is 12.5. The minimum absolute atomic E-state index is 0.110. The second-order valence-electron chi connectivity index (χ2n) is 5.06. The number of aromatic hydroxyl groups is 1. The molecule has 2 rings (SSSR count). The molecule has 3 nitrogen and oxygen atoms in total. The lowest BCUT2D eigenvalue weighted by Crippen LogP contribution is -2.43. The lowest BCUT2D eigenvalue weighted by atomic mass is 9.98. The highest BCUT2D eigenvalue weighted by atomic mass is 16.3. The average molecular weight is 247 g/mol. The van der Waals surface area contributed by atoms with Crippen molar-refractivity contribution in [1.29, 1.82) is 0 Å². The maximum atomic E-state index is 12.5. The first-order chi connectivity index (χ1) is 8.63. The van der Waals surface area contributed by atoms with E-state index in [1.54, 1.807) is 18.2 Å². The summed E-state index contributed by atoms with van der Waals surface area (Å²) in [6.45, 7) is 4.87. The molecule has 18 heavy (non-hydrogen) atoms. The molecule has 3 heteroatoms. The summed E-state index contributed by atoms with van der Waals surface area (Å²) in [7, 11) is 0. The van der Waals surface area contributed by atoms with Crippen LogP contribution in [0.1, 0.15) is 48.5 Å². The first-order valence-electron chi connectivity index (χ1n) is 6.74. The smallest absolute Gasteiger partial charge is 0.254 e. The third-order valence-electron chi connectivity index (χ3n) is 3.80. The quantitative estimate of drug-likeness (QED) is 0.872. The molecule has 0 spiro atoms. The molecule has 1 amide bonds. The Morgan fingerprint density at radius 2 is 2.22 bits per heavy atom. The third-order valence-corrected chi connectivity index (χ3v) is 3.80. The van der Waals surface area contributed by atoms with Gasteiger partial charge in [0.2, 0.25) is 0 Å². The van der Waals surface area contributed by atoms with E-state index in [9.17, 15) is 9.90 Å². The van der Waals surface area contributed by atoms with Crippen molar-refractivity contribution in [2.75, 3.05) is 6.54 Å². The Kier molecular flexibility index (Phi) is 3.90. The van der Waals surface area contributed by atoms with Crippen LogP contribution < -0.4 is 0 Å². The molecule has 1 aliphatic rings. The molecule has 0 saturated carbocycles. The van der Waals surface area contributed by atoms with E-state index in [1.165, 1.54) is 6.42 Å². The van der Waals surface area contributed by atoms with Crippen LogP contribution in [0.3, 0.4) is 0 Å². The molecule has 1 fully saturated rings. The first-order valence-corrected chi connectivity index (χ1v) is 6.74. The van der Waals surface area contributed by atoms with Gasteiger partial charge in [-0.2, -0.15) is 0 Å². The monoisotopic (exact) mass is 247 g/mol. The predicted octanol–water partition coefficient (Wildman–Crippen LogP) is 3.11. The molecule has 0 radical (unpaired) electrons. The fourth-order valence-electron chi connectivity index (χ4n) is 2.73. The molecule has 1 N–H and O–H groups in total. The van der Waals surface area contributed by atoms with Crippen molar-refractivity contribution in [3.63, 3.8) is 0 Å². The molecule has 1 aromatic carbocycles. The van der Waals surface area contributed by atoms with Crippen LogP contribution in [-0.2, 0) is 0 Å². The summed E-state index contributed by atoms with van der Waals surface area (Å²) in [5.41, 5.74) is 1.56. The van der Waals surface area contributed by atoms with Gasteiger partial charge >= 0.3 is 0 Å². The minimum Gasteiger partial charge on any atom is -0.508 e. The average Bonchev–Trinajstić information content (AvgIpc) is 2.38. The molecule has 1 heterocycles. The number of carbonyl (C=O) groups excluding carboxylic acids is 1. The molecule has 0 aromatic heterocycles. The summed E-state index contributed by atoms with van der Waals surface area (Å²) < 4.78 is 0. The number of rotatable bonds is 2. The minimum atomic E-state index is 0.110. The van der Waals surface area contributed by atoms with Gasteiger partial charge in [-0.25, -0.2) is 0 Å². The van der Waals surface area contributed by atoms with Gasteiger partial charge in [0.1, 0.15) is 5.75 Å². The summed E-state index contributed by atoms with van der Waals surface area (Å²) in [5, 5.41) is 9.40. The van der Waals surface area contributed by atoms with Crippen molar-refractivity contribution in [2.45, 2.75) is 45.6 Å². The lowest BCUT2D eigenvalue weighted by molar-refractivity contribution is 0.0607. The van der Waals surface area contributed by atoms with Crippen LogP contribution >= 0.6 is 0 Å². The van der Waals surface area contributed by atoms with Crippen molar-refractivity contribution in [2.24, 2.45) is 0 Å². The Balaban J connectivity index is 2.24. The van der Waals surface area contributed by atoms with Gasteiger partial charge in [-0.15, -0.1) is 0 Å². The van der Waals surface area contributed by atoms with E-state index in [-0.39, 0.29) is 11.7 Å². The Morgan fingerprint density at radius 1 is 1.44 bits per heavy atom. The molecule has 98 valence electrons. The van der Waals surface area contributed by atoms with E-state index in [0.29, 0.717) is 11.6 Å². The zero-order valence-electron chi connectivity index (χ0n) is 11.1. The van der Waals surface area contributed by atoms with E-state index in [2.05, 4.69) is 6.92 Å². The highest BCUT2D eigenvalue weighted by molar-refractivity contribution is 5.96. The standard InChI is InChI=1S/C15H21NO2/c1-3-12-6-4-5-9-16(12)15(18)14-8-7-13(17)10-11(14)2/h7-8,10,12,17H,3-6,9H2,1-2H3. The fraction of sp³-hybridized carbons (Fsp3) is 0.533. The second kappa shape index (κ2) is 5.42. The van der Waals surface area contributed by atoms with E-state index < -0.39 is 0 Å². The number of amides is 1. The van der Waals surface area contributed by atoms with E-state index in [1.807, 2.05) is 11.8 Å². The van der Waals surface area contributed by atoms with Gasteiger partial charge in [-0.3, -0.25) is 4.79 Å². The van der Waals surface area contributed by atoms with Gasteiger partial charge in [0.15, 0.2) is 0 Å². The molecule has 0 aliphatic carbocycles. The Morgan fingerprint density at radius 3 is 2.89 bits per heavy atom. The Labute approximate surface area is 108 Å². The number of piperidine rings is 1. The number of phenols is 1. The van der Waals surface area contributed by atoms with Crippen molar-refractivity contribution in [1.82, 2.24) is 4.90 Å². The second-order valence-corrected chi connectivity index (χ2v) is 5.06. The predicted molar refractivity (Wildman–Crippen MR) is 71.8 cm³/mol. The van der Waals surface area contributed by atoms with Gasteiger partial charge < -0.3 is 10.0 Å². The van der Waals surface area contributed by atoms with Crippen molar-refractivity contribution >= 4 is 5.91 Å². The number of aryl methyl sites for hydroxylation is 1. The zero-order chi connectivity index (χ0) is 13.1. The largest absolute Gasteiger partial charge is 0.508 e.